The third-order valence-corrected chi connectivity index (χ3v) is 7.32. The van der Waals surface area contributed by atoms with E-state index in [1.807, 2.05) is 18.2 Å². The molecule has 1 aliphatic rings. The van der Waals surface area contributed by atoms with Crippen molar-refractivity contribution in [3.8, 4) is 0 Å². The second-order valence-corrected chi connectivity index (χ2v) is 9.33. The Morgan fingerprint density at radius 1 is 1.30 bits per heavy atom. The van der Waals surface area contributed by atoms with Gasteiger partial charge in [0.1, 0.15) is 10.6 Å². The molecular weight excluding hydrogens is 421 g/mol. The van der Waals surface area contributed by atoms with E-state index in [0.717, 1.165) is 35.0 Å². The van der Waals surface area contributed by atoms with E-state index in [1.165, 1.54) is 22.2 Å². The number of benzene rings is 1. The number of nitrogen functional groups attached to an aromatic ring is 1. The Balaban J connectivity index is 1.61. The van der Waals surface area contributed by atoms with E-state index in [9.17, 15) is 0 Å². The lowest BCUT2D eigenvalue weighted by molar-refractivity contribution is 0.0254. The highest BCUT2D eigenvalue weighted by Gasteiger charge is 2.25. The Kier molecular flexibility index (Phi) is 5.81. The minimum atomic E-state index is 0.260. The molecule has 2 N–H and O–H groups in total. The molecule has 8 heteroatoms. The van der Waals surface area contributed by atoms with Crippen molar-refractivity contribution in [3.63, 3.8) is 0 Å². The number of nitrogens with zero attached hydrogens (tertiary/aromatic N) is 2. The topological polar surface area (TPSA) is 61.0 Å². The van der Waals surface area contributed by atoms with E-state index in [0.29, 0.717) is 33.4 Å². The van der Waals surface area contributed by atoms with Gasteiger partial charge in [0.2, 0.25) is 0 Å². The van der Waals surface area contributed by atoms with Crippen molar-refractivity contribution < 1.29 is 4.74 Å². The van der Waals surface area contributed by atoms with Crippen molar-refractivity contribution in [1.29, 1.82) is 0 Å². The van der Waals surface area contributed by atoms with Crippen LogP contribution in [0.2, 0.25) is 10.0 Å². The fourth-order valence-corrected chi connectivity index (χ4v) is 6.08. The number of halogens is 2. The van der Waals surface area contributed by atoms with Crippen molar-refractivity contribution in [3.05, 3.63) is 44.2 Å². The summed E-state index contributed by atoms with van der Waals surface area (Å²) in [4.78, 5) is 11.4. The number of hydrogen-bond donors (Lipinski definition) is 1. The molecule has 1 unspecified atom stereocenters. The van der Waals surface area contributed by atoms with Crippen LogP contribution >= 0.6 is 46.3 Å². The number of anilines is 1. The average Bonchev–Trinajstić information content (AvgIpc) is 3.00. The molecule has 0 bridgehead atoms. The standard InChI is InChI=1S/C19H19Cl2N3OS2/c1-2-4-10-7-11-15(8-25-10)27-18-16(11)17(22)23-19(24-18)26-9-12-13(20)5-3-6-14(12)21/h3,5-6,10H,2,4,7-9H2,1H3,(H2,22,23,24). The van der Waals surface area contributed by atoms with Crippen LogP contribution in [0, 0.1) is 0 Å². The van der Waals surface area contributed by atoms with Crippen LogP contribution < -0.4 is 5.73 Å². The molecule has 0 saturated heterocycles. The quantitative estimate of drug-likeness (QED) is 0.383. The summed E-state index contributed by atoms with van der Waals surface area (Å²) in [5.41, 5.74) is 8.47. The third kappa shape index (κ3) is 3.91. The van der Waals surface area contributed by atoms with Crippen molar-refractivity contribution in [2.75, 3.05) is 5.73 Å². The summed E-state index contributed by atoms with van der Waals surface area (Å²) in [5.74, 6) is 1.14. The normalized spacial score (nSPS) is 16.6. The molecule has 0 aliphatic carbocycles. The summed E-state index contributed by atoms with van der Waals surface area (Å²) in [7, 11) is 0. The van der Waals surface area contributed by atoms with Gasteiger partial charge in [0.05, 0.1) is 18.1 Å². The van der Waals surface area contributed by atoms with Gasteiger partial charge >= 0.3 is 0 Å². The number of thiophene rings is 1. The van der Waals surface area contributed by atoms with Gasteiger partial charge in [0, 0.05) is 27.1 Å². The SMILES string of the molecule is CCCC1Cc2c(sc3nc(SCc4c(Cl)cccc4Cl)nc(N)c23)CO1. The maximum atomic E-state index is 6.32. The number of rotatable bonds is 5. The summed E-state index contributed by atoms with van der Waals surface area (Å²) in [5, 5.41) is 2.93. The molecule has 142 valence electrons. The van der Waals surface area contributed by atoms with Gasteiger partial charge in [-0.25, -0.2) is 9.97 Å². The zero-order valence-electron chi connectivity index (χ0n) is 14.8. The number of aromatic nitrogens is 2. The van der Waals surface area contributed by atoms with Gasteiger partial charge in [0.25, 0.3) is 0 Å². The average molecular weight is 440 g/mol. The van der Waals surface area contributed by atoms with Crippen LogP contribution in [0.4, 0.5) is 5.82 Å². The van der Waals surface area contributed by atoms with Crippen LogP contribution in [0.1, 0.15) is 35.8 Å². The molecule has 4 nitrogen and oxygen atoms in total. The maximum absolute atomic E-state index is 6.32. The monoisotopic (exact) mass is 439 g/mol. The Bertz CT molecular complexity index is 972. The summed E-state index contributed by atoms with van der Waals surface area (Å²) in [6.07, 6.45) is 3.32. The number of ether oxygens (including phenoxy) is 1. The lowest BCUT2D eigenvalue weighted by atomic mass is 10.0. The maximum Gasteiger partial charge on any atom is 0.191 e. The number of thioether (sulfide) groups is 1. The second-order valence-electron chi connectivity index (χ2n) is 6.49. The highest BCUT2D eigenvalue weighted by Crippen LogP contribution is 2.39. The van der Waals surface area contributed by atoms with Crippen LogP contribution in [0.15, 0.2) is 23.4 Å². The van der Waals surface area contributed by atoms with Crippen molar-refractivity contribution in [2.45, 2.75) is 49.8 Å². The van der Waals surface area contributed by atoms with Crippen LogP contribution in [0.5, 0.6) is 0 Å². The fourth-order valence-electron chi connectivity index (χ4n) is 3.30. The summed E-state index contributed by atoms with van der Waals surface area (Å²) >= 11 is 15.7. The zero-order chi connectivity index (χ0) is 19.0. The van der Waals surface area contributed by atoms with Gasteiger partial charge in [-0.05, 0) is 29.7 Å². The van der Waals surface area contributed by atoms with Crippen LogP contribution in [0.3, 0.4) is 0 Å². The molecule has 1 atom stereocenters. The lowest BCUT2D eigenvalue weighted by Gasteiger charge is -2.22. The van der Waals surface area contributed by atoms with Gasteiger partial charge in [-0.1, -0.05) is 54.4 Å². The van der Waals surface area contributed by atoms with E-state index in [2.05, 4.69) is 11.9 Å². The predicted molar refractivity (Wildman–Crippen MR) is 115 cm³/mol. The minimum Gasteiger partial charge on any atom is -0.383 e. The van der Waals surface area contributed by atoms with Gasteiger partial charge in [-0.2, -0.15) is 0 Å². The largest absolute Gasteiger partial charge is 0.383 e. The Hall–Kier alpha value is -1.05. The van der Waals surface area contributed by atoms with E-state index < -0.39 is 0 Å². The predicted octanol–water partition coefficient (Wildman–Crippen LogP) is 6.11. The van der Waals surface area contributed by atoms with Gasteiger partial charge in [-0.15, -0.1) is 11.3 Å². The molecule has 3 heterocycles. The van der Waals surface area contributed by atoms with Gasteiger partial charge < -0.3 is 10.5 Å². The molecule has 0 amide bonds. The molecule has 0 fully saturated rings. The smallest absolute Gasteiger partial charge is 0.191 e. The second kappa shape index (κ2) is 8.13. The first-order valence-corrected chi connectivity index (χ1v) is 11.4. The summed E-state index contributed by atoms with van der Waals surface area (Å²) in [6.45, 7) is 2.81. The minimum absolute atomic E-state index is 0.260. The highest BCUT2D eigenvalue weighted by molar-refractivity contribution is 7.98. The van der Waals surface area contributed by atoms with E-state index in [1.54, 1.807) is 11.3 Å². The van der Waals surface area contributed by atoms with Crippen molar-refractivity contribution in [1.82, 2.24) is 9.97 Å². The first-order chi connectivity index (χ1) is 13.1. The first-order valence-electron chi connectivity index (χ1n) is 8.81. The van der Waals surface area contributed by atoms with Crippen molar-refractivity contribution >= 4 is 62.3 Å². The van der Waals surface area contributed by atoms with Gasteiger partial charge in [0.15, 0.2) is 5.16 Å². The zero-order valence-corrected chi connectivity index (χ0v) is 17.9. The first kappa shape index (κ1) is 19.3. The number of nitrogens with two attached hydrogens (primary N) is 1. The van der Waals surface area contributed by atoms with Crippen LogP contribution in [-0.4, -0.2) is 16.1 Å². The molecule has 3 aromatic rings. The Morgan fingerprint density at radius 2 is 2.07 bits per heavy atom. The van der Waals surface area contributed by atoms with E-state index in [4.69, 9.17) is 38.7 Å². The molecular formula is C19H19Cl2N3OS2. The fraction of sp³-hybridized carbons (Fsp3) is 0.368. The molecule has 27 heavy (non-hydrogen) atoms. The highest BCUT2D eigenvalue weighted by atomic mass is 35.5. The lowest BCUT2D eigenvalue weighted by Crippen LogP contribution is -2.21. The van der Waals surface area contributed by atoms with Gasteiger partial charge in [-0.3, -0.25) is 0 Å². The molecule has 0 saturated carbocycles. The number of fused-ring (bicyclic) bond motifs is 3. The summed E-state index contributed by atoms with van der Waals surface area (Å²) < 4.78 is 5.96. The van der Waals surface area contributed by atoms with Crippen LogP contribution in [0.25, 0.3) is 10.2 Å². The van der Waals surface area contributed by atoms with Crippen LogP contribution in [-0.2, 0) is 23.5 Å². The molecule has 4 rings (SSSR count). The summed E-state index contributed by atoms with van der Waals surface area (Å²) in [6, 6.07) is 5.51. The third-order valence-electron chi connectivity index (χ3n) is 4.64. The molecule has 2 aromatic heterocycles. The molecule has 0 spiro atoms. The number of hydrogen-bond acceptors (Lipinski definition) is 6. The Labute approximate surface area is 176 Å². The van der Waals surface area contributed by atoms with E-state index in [-0.39, 0.29) is 6.10 Å². The molecule has 1 aromatic carbocycles. The van der Waals surface area contributed by atoms with E-state index >= 15 is 0 Å². The van der Waals surface area contributed by atoms with Crippen molar-refractivity contribution in [2.24, 2.45) is 0 Å². The Morgan fingerprint density at radius 3 is 2.81 bits per heavy atom. The molecule has 0 radical (unpaired) electrons. The molecule has 1 aliphatic heterocycles.